The van der Waals surface area contributed by atoms with Gasteiger partial charge in [0.1, 0.15) is 10.9 Å². The summed E-state index contributed by atoms with van der Waals surface area (Å²) in [6, 6.07) is 14.7. The zero-order chi connectivity index (χ0) is 24.1. The van der Waals surface area contributed by atoms with Crippen LogP contribution in [0, 0.1) is 0 Å². The summed E-state index contributed by atoms with van der Waals surface area (Å²) < 4.78 is 0.282. The van der Waals surface area contributed by atoms with Crippen molar-refractivity contribution < 1.29 is 14.7 Å². The Morgan fingerprint density at radius 1 is 0.971 bits per heavy atom. The summed E-state index contributed by atoms with van der Waals surface area (Å²) >= 11 is 8.11. The Labute approximate surface area is 214 Å². The van der Waals surface area contributed by atoms with Crippen LogP contribution in [0.2, 0.25) is 0 Å². The molecule has 1 saturated heterocycles. The van der Waals surface area contributed by atoms with Gasteiger partial charge in [-0.25, -0.2) is 0 Å². The van der Waals surface area contributed by atoms with Crippen molar-refractivity contribution in [3.8, 4) is 0 Å². The van der Waals surface area contributed by atoms with Crippen LogP contribution in [0.1, 0.15) is 51.0 Å². The van der Waals surface area contributed by atoms with Crippen LogP contribution in [0.15, 0.2) is 57.2 Å². The Kier molecular flexibility index (Phi) is 8.34. The van der Waals surface area contributed by atoms with Crippen LogP contribution < -0.4 is 4.90 Å². The molecule has 2 aromatic rings. The Bertz CT molecular complexity index is 1130. The third-order valence-electron chi connectivity index (χ3n) is 5.85. The number of aliphatic carboxylic acids is 1. The van der Waals surface area contributed by atoms with E-state index in [2.05, 4.69) is 48.2 Å². The average Bonchev–Trinajstić information content (AvgIpc) is 3.07. The van der Waals surface area contributed by atoms with Crippen molar-refractivity contribution in [2.75, 3.05) is 18.0 Å². The van der Waals surface area contributed by atoms with Gasteiger partial charge in [0.2, 0.25) is 0 Å². The summed E-state index contributed by atoms with van der Waals surface area (Å²) in [6.07, 6.45) is 9.35. The number of carbonyl (C=O) groups excluding carboxylic acids is 1. The van der Waals surface area contributed by atoms with E-state index < -0.39 is 12.5 Å². The predicted octanol–water partition coefficient (Wildman–Crippen LogP) is 6.94. The quantitative estimate of drug-likeness (QED) is 0.210. The third-order valence-corrected chi connectivity index (χ3v) is 8.34. The van der Waals surface area contributed by atoms with Gasteiger partial charge < -0.3 is 10.0 Å². The number of rotatable bonds is 10. The van der Waals surface area contributed by atoms with Crippen LogP contribution in [0.25, 0.3) is 6.08 Å². The fourth-order valence-electron chi connectivity index (χ4n) is 4.15. The number of para-hydroxylation sites is 1. The number of nitrogens with zero attached hydrogens (tertiary/aromatic N) is 2. The van der Waals surface area contributed by atoms with Crippen molar-refractivity contribution in [2.24, 2.45) is 0 Å². The van der Waals surface area contributed by atoms with Crippen molar-refractivity contribution in [2.45, 2.75) is 55.2 Å². The highest BCUT2D eigenvalue weighted by Gasteiger charge is 2.33. The van der Waals surface area contributed by atoms with Gasteiger partial charge in [0.15, 0.2) is 0 Å². The van der Waals surface area contributed by atoms with E-state index in [0.717, 1.165) is 40.1 Å². The number of hydrogen-bond acceptors (Lipinski definition) is 6. The van der Waals surface area contributed by atoms with Crippen molar-refractivity contribution in [1.29, 1.82) is 0 Å². The second-order valence-electron chi connectivity index (χ2n) is 8.38. The van der Waals surface area contributed by atoms with Crippen LogP contribution >= 0.6 is 35.7 Å². The molecule has 178 valence electrons. The topological polar surface area (TPSA) is 60.9 Å². The molecule has 0 spiro atoms. The monoisotopic (exact) mass is 512 g/mol. The zero-order valence-corrected chi connectivity index (χ0v) is 21.6. The molecule has 34 heavy (non-hydrogen) atoms. The largest absolute Gasteiger partial charge is 0.480 e. The number of carboxylic acids is 1. The molecule has 0 aliphatic carbocycles. The van der Waals surface area contributed by atoms with E-state index in [4.69, 9.17) is 17.3 Å². The Balaban J connectivity index is 1.54. The SMILES string of the molecule is CCCCCCCCN1c2ccccc2Sc2cc(/C=C3\SC(=S)N(CC(=O)O)C3=O)ccc21. The third kappa shape index (κ3) is 5.67. The standard InChI is InChI=1S/C26H28N2O3S3/c1-2-3-4-5-6-9-14-27-19-10-7-8-11-21(19)33-22-15-18(12-13-20(22)27)16-23-25(31)28(17-24(29)30)26(32)34-23/h7-8,10-13,15-16H,2-6,9,14,17H2,1H3,(H,29,30)/b23-16-. The smallest absolute Gasteiger partial charge is 0.323 e. The van der Waals surface area contributed by atoms with E-state index in [0.29, 0.717) is 4.91 Å². The van der Waals surface area contributed by atoms with E-state index >= 15 is 0 Å². The molecular formula is C26H28N2O3S3. The van der Waals surface area contributed by atoms with E-state index in [1.54, 1.807) is 17.8 Å². The van der Waals surface area contributed by atoms with E-state index in [-0.39, 0.29) is 10.2 Å². The Morgan fingerprint density at radius 2 is 1.71 bits per heavy atom. The first-order valence-corrected chi connectivity index (χ1v) is 13.7. The number of benzene rings is 2. The molecule has 2 aliphatic rings. The Hall–Kier alpha value is -2.29. The molecule has 1 N–H and O–H groups in total. The van der Waals surface area contributed by atoms with E-state index in [1.165, 1.54) is 48.4 Å². The number of carbonyl (C=O) groups is 2. The minimum Gasteiger partial charge on any atom is -0.480 e. The summed E-state index contributed by atoms with van der Waals surface area (Å²) in [5.41, 5.74) is 3.34. The van der Waals surface area contributed by atoms with Gasteiger partial charge in [-0.05, 0) is 42.3 Å². The molecule has 0 unspecified atom stereocenters. The minimum absolute atomic E-state index is 0.282. The lowest BCUT2D eigenvalue weighted by atomic mass is 10.1. The highest BCUT2D eigenvalue weighted by Crippen LogP contribution is 2.48. The van der Waals surface area contributed by atoms with Gasteiger partial charge >= 0.3 is 5.97 Å². The lowest BCUT2D eigenvalue weighted by molar-refractivity contribution is -0.140. The van der Waals surface area contributed by atoms with Crippen molar-refractivity contribution in [3.05, 3.63) is 52.9 Å². The molecule has 5 nitrogen and oxygen atoms in total. The van der Waals surface area contributed by atoms with Gasteiger partial charge in [0.25, 0.3) is 5.91 Å². The fraction of sp³-hybridized carbons (Fsp3) is 0.346. The van der Waals surface area contributed by atoms with Gasteiger partial charge in [-0.3, -0.25) is 14.5 Å². The molecule has 2 aliphatic heterocycles. The first-order valence-electron chi connectivity index (χ1n) is 11.6. The number of fused-ring (bicyclic) bond motifs is 2. The fourth-order valence-corrected chi connectivity index (χ4v) is 6.55. The van der Waals surface area contributed by atoms with E-state index in [1.807, 2.05) is 6.07 Å². The molecule has 2 aromatic carbocycles. The van der Waals surface area contributed by atoms with Crippen molar-refractivity contribution in [3.63, 3.8) is 0 Å². The van der Waals surface area contributed by atoms with Crippen LogP contribution in [0.3, 0.4) is 0 Å². The number of thiocarbonyl (C=S) groups is 1. The predicted molar refractivity (Wildman–Crippen MR) is 145 cm³/mol. The van der Waals surface area contributed by atoms with Gasteiger partial charge in [0, 0.05) is 16.3 Å². The average molecular weight is 513 g/mol. The first kappa shape index (κ1) is 24.8. The molecule has 0 bridgehead atoms. The number of amides is 1. The summed E-state index contributed by atoms with van der Waals surface area (Å²) in [4.78, 5) is 30.1. The highest BCUT2D eigenvalue weighted by atomic mass is 32.2. The molecule has 4 rings (SSSR count). The molecular weight excluding hydrogens is 484 g/mol. The van der Waals surface area contributed by atoms with Crippen molar-refractivity contribution >= 4 is 69.4 Å². The lowest BCUT2D eigenvalue weighted by Gasteiger charge is -2.33. The Morgan fingerprint density at radius 3 is 2.50 bits per heavy atom. The molecule has 0 radical (unpaired) electrons. The van der Waals surface area contributed by atoms with E-state index in [9.17, 15) is 9.59 Å². The number of anilines is 2. The summed E-state index contributed by atoms with van der Waals surface area (Å²) in [5.74, 6) is -1.43. The molecule has 0 atom stereocenters. The normalized spacial score (nSPS) is 16.2. The summed E-state index contributed by atoms with van der Waals surface area (Å²) in [5, 5.41) is 9.05. The zero-order valence-electron chi connectivity index (χ0n) is 19.2. The number of unbranched alkanes of at least 4 members (excludes halogenated alkanes) is 5. The maximum Gasteiger partial charge on any atom is 0.323 e. The molecule has 1 amide bonds. The van der Waals surface area contributed by atoms with Crippen LogP contribution in [0.5, 0.6) is 0 Å². The maximum absolute atomic E-state index is 12.6. The molecule has 2 heterocycles. The second kappa shape index (κ2) is 11.4. The van der Waals surface area contributed by atoms with Crippen molar-refractivity contribution in [1.82, 2.24) is 4.90 Å². The van der Waals surface area contributed by atoms with Crippen LogP contribution in [-0.2, 0) is 9.59 Å². The second-order valence-corrected chi connectivity index (χ2v) is 11.1. The van der Waals surface area contributed by atoms with Gasteiger partial charge in [-0.1, -0.05) is 93.0 Å². The van der Waals surface area contributed by atoms with Crippen LogP contribution in [0.4, 0.5) is 11.4 Å². The number of carboxylic acid groups (broad SMARTS) is 1. The first-order chi connectivity index (χ1) is 16.5. The van der Waals surface area contributed by atoms with Gasteiger partial charge in [-0.2, -0.15) is 0 Å². The molecule has 0 saturated carbocycles. The number of hydrogen-bond donors (Lipinski definition) is 1. The molecule has 1 fully saturated rings. The molecule has 8 heteroatoms. The number of thioether (sulfide) groups is 1. The highest BCUT2D eigenvalue weighted by molar-refractivity contribution is 8.26. The minimum atomic E-state index is -1.08. The van der Waals surface area contributed by atoms with Gasteiger partial charge in [-0.15, -0.1) is 0 Å². The summed E-state index contributed by atoms with van der Waals surface area (Å²) in [7, 11) is 0. The van der Waals surface area contributed by atoms with Gasteiger partial charge in [0.05, 0.1) is 16.3 Å². The lowest BCUT2D eigenvalue weighted by Crippen LogP contribution is -2.33. The molecule has 0 aromatic heterocycles. The maximum atomic E-state index is 12.6. The summed E-state index contributed by atoms with van der Waals surface area (Å²) in [6.45, 7) is 2.81. The van der Waals surface area contributed by atoms with Crippen LogP contribution in [-0.4, -0.2) is 39.3 Å².